The van der Waals surface area contributed by atoms with Crippen molar-refractivity contribution >= 4 is 40.8 Å². The lowest BCUT2D eigenvalue weighted by atomic mass is 10.0. The molecule has 0 fully saturated rings. The van der Waals surface area contributed by atoms with Crippen LogP contribution in [0, 0.1) is 13.8 Å². The van der Waals surface area contributed by atoms with E-state index in [1.165, 1.54) is 6.07 Å². The first kappa shape index (κ1) is 16.3. The fraction of sp³-hybridized carbons (Fsp3) is 0.125. The Balaban J connectivity index is 2.08. The number of hydrogen-bond acceptors (Lipinski definition) is 2. The van der Waals surface area contributed by atoms with Gasteiger partial charge in [-0.05, 0) is 43.2 Å². The maximum Gasteiger partial charge on any atom is 0.326 e. The third-order valence-electron chi connectivity index (χ3n) is 3.11. The summed E-state index contributed by atoms with van der Waals surface area (Å²) in [6, 6.07) is 9.53. The Labute approximate surface area is 138 Å². The van der Waals surface area contributed by atoms with Crippen LogP contribution in [-0.2, 0) is 0 Å². The molecule has 2 aromatic carbocycles. The molecule has 2 rings (SSSR count). The first-order valence-electron chi connectivity index (χ1n) is 6.52. The van der Waals surface area contributed by atoms with Crippen LogP contribution in [0.3, 0.4) is 0 Å². The largest absolute Gasteiger partial charge is 0.326 e. The minimum Gasteiger partial charge on any atom is -0.308 e. The van der Waals surface area contributed by atoms with E-state index in [1.54, 1.807) is 12.1 Å². The quantitative estimate of drug-likeness (QED) is 0.843. The zero-order valence-corrected chi connectivity index (χ0v) is 13.5. The van der Waals surface area contributed by atoms with Crippen molar-refractivity contribution in [2.75, 3.05) is 5.32 Å². The molecular formula is C16H14Cl2N2O2. The molecule has 4 nitrogen and oxygen atoms in total. The number of anilines is 1. The van der Waals surface area contributed by atoms with Crippen molar-refractivity contribution < 1.29 is 9.59 Å². The number of carbonyl (C=O) groups is 2. The standard InChI is InChI=1S/C16H14Cl2N2O2/c1-9-4-3-5-10(2)14(9)15(21)20-16(22)19-11-6-7-12(17)13(18)8-11/h3-8H,1-2H3,(H2,19,20,21,22). The number of aryl methyl sites for hydroxylation is 2. The fourth-order valence-electron chi connectivity index (χ4n) is 2.07. The number of rotatable bonds is 2. The van der Waals surface area contributed by atoms with Crippen molar-refractivity contribution in [3.63, 3.8) is 0 Å². The smallest absolute Gasteiger partial charge is 0.308 e. The molecule has 114 valence electrons. The summed E-state index contributed by atoms with van der Waals surface area (Å²) in [6.07, 6.45) is 0. The van der Waals surface area contributed by atoms with Crippen LogP contribution in [0.2, 0.25) is 10.0 Å². The van der Waals surface area contributed by atoms with E-state index in [2.05, 4.69) is 10.6 Å². The summed E-state index contributed by atoms with van der Waals surface area (Å²) in [5.41, 5.74) is 2.55. The Hall–Kier alpha value is -2.04. The van der Waals surface area contributed by atoms with Crippen molar-refractivity contribution in [1.29, 1.82) is 0 Å². The van der Waals surface area contributed by atoms with Crippen molar-refractivity contribution in [1.82, 2.24) is 5.32 Å². The van der Waals surface area contributed by atoms with E-state index in [0.29, 0.717) is 21.3 Å². The Kier molecular flexibility index (Phi) is 5.06. The molecule has 2 N–H and O–H groups in total. The van der Waals surface area contributed by atoms with Crippen LogP contribution in [0.4, 0.5) is 10.5 Å². The van der Waals surface area contributed by atoms with Gasteiger partial charge in [0.2, 0.25) is 0 Å². The maximum atomic E-state index is 12.2. The van der Waals surface area contributed by atoms with Gasteiger partial charge in [-0.25, -0.2) is 4.79 Å². The Morgan fingerprint density at radius 3 is 2.18 bits per heavy atom. The molecule has 0 saturated carbocycles. The second-order valence-corrected chi connectivity index (χ2v) is 5.62. The van der Waals surface area contributed by atoms with Crippen LogP contribution in [0.5, 0.6) is 0 Å². The van der Waals surface area contributed by atoms with Gasteiger partial charge >= 0.3 is 6.03 Å². The summed E-state index contributed by atoms with van der Waals surface area (Å²) < 4.78 is 0. The van der Waals surface area contributed by atoms with Gasteiger partial charge in [0, 0.05) is 11.3 Å². The first-order chi connectivity index (χ1) is 10.4. The number of urea groups is 1. The molecule has 0 unspecified atom stereocenters. The minimum atomic E-state index is -0.633. The number of benzene rings is 2. The van der Waals surface area contributed by atoms with Gasteiger partial charge < -0.3 is 5.32 Å². The predicted octanol–water partition coefficient (Wildman–Crippen LogP) is 4.57. The van der Waals surface area contributed by atoms with Gasteiger partial charge in [-0.15, -0.1) is 0 Å². The molecule has 0 atom stereocenters. The van der Waals surface area contributed by atoms with Gasteiger partial charge in [0.1, 0.15) is 0 Å². The predicted molar refractivity (Wildman–Crippen MR) is 88.9 cm³/mol. The van der Waals surface area contributed by atoms with E-state index in [-0.39, 0.29) is 0 Å². The van der Waals surface area contributed by atoms with Crippen molar-refractivity contribution in [2.24, 2.45) is 0 Å². The van der Waals surface area contributed by atoms with E-state index in [4.69, 9.17) is 23.2 Å². The molecule has 0 spiro atoms. The van der Waals surface area contributed by atoms with Crippen LogP contribution >= 0.6 is 23.2 Å². The highest BCUT2D eigenvalue weighted by Gasteiger charge is 2.15. The molecule has 0 aliphatic heterocycles. The lowest BCUT2D eigenvalue weighted by Gasteiger charge is -2.11. The second kappa shape index (κ2) is 6.81. The number of amides is 3. The molecule has 0 aliphatic carbocycles. The Morgan fingerprint density at radius 2 is 1.59 bits per heavy atom. The van der Waals surface area contributed by atoms with E-state index in [9.17, 15) is 9.59 Å². The summed E-state index contributed by atoms with van der Waals surface area (Å²) in [7, 11) is 0. The van der Waals surface area contributed by atoms with Crippen LogP contribution in [0.15, 0.2) is 36.4 Å². The zero-order valence-electron chi connectivity index (χ0n) is 12.0. The monoisotopic (exact) mass is 336 g/mol. The van der Waals surface area contributed by atoms with Gasteiger partial charge in [0.15, 0.2) is 0 Å². The van der Waals surface area contributed by atoms with Crippen LogP contribution in [0.25, 0.3) is 0 Å². The van der Waals surface area contributed by atoms with E-state index < -0.39 is 11.9 Å². The molecule has 3 amide bonds. The Bertz CT molecular complexity index is 725. The number of carbonyl (C=O) groups excluding carboxylic acids is 2. The normalized spacial score (nSPS) is 10.2. The van der Waals surface area contributed by atoms with E-state index >= 15 is 0 Å². The highest BCUT2D eigenvalue weighted by atomic mass is 35.5. The molecule has 6 heteroatoms. The molecule has 0 aromatic heterocycles. The van der Waals surface area contributed by atoms with Crippen LogP contribution in [0.1, 0.15) is 21.5 Å². The first-order valence-corrected chi connectivity index (χ1v) is 7.27. The number of halogens is 2. The van der Waals surface area contributed by atoms with Crippen molar-refractivity contribution in [3.8, 4) is 0 Å². The Morgan fingerprint density at radius 1 is 0.955 bits per heavy atom. The third kappa shape index (κ3) is 3.78. The molecule has 22 heavy (non-hydrogen) atoms. The number of imide groups is 1. The highest BCUT2D eigenvalue weighted by Crippen LogP contribution is 2.24. The van der Waals surface area contributed by atoms with E-state index in [1.807, 2.05) is 32.0 Å². The topological polar surface area (TPSA) is 58.2 Å². The average Bonchev–Trinajstić information content (AvgIpc) is 2.42. The minimum absolute atomic E-state index is 0.320. The second-order valence-electron chi connectivity index (χ2n) is 4.80. The summed E-state index contributed by atoms with van der Waals surface area (Å²) in [5, 5.41) is 5.54. The van der Waals surface area contributed by atoms with Gasteiger partial charge in [-0.2, -0.15) is 0 Å². The third-order valence-corrected chi connectivity index (χ3v) is 3.85. The number of hydrogen-bond donors (Lipinski definition) is 2. The van der Waals surface area contributed by atoms with Gasteiger partial charge in [0.25, 0.3) is 5.91 Å². The maximum absolute atomic E-state index is 12.2. The van der Waals surface area contributed by atoms with Gasteiger partial charge in [-0.3, -0.25) is 10.1 Å². The van der Waals surface area contributed by atoms with Crippen LogP contribution in [-0.4, -0.2) is 11.9 Å². The average molecular weight is 337 g/mol. The molecule has 0 bridgehead atoms. The molecule has 0 aliphatic rings. The van der Waals surface area contributed by atoms with Gasteiger partial charge in [0.05, 0.1) is 10.0 Å². The lowest BCUT2D eigenvalue weighted by Crippen LogP contribution is -2.35. The molecular weight excluding hydrogens is 323 g/mol. The lowest BCUT2D eigenvalue weighted by molar-refractivity contribution is 0.0966. The highest BCUT2D eigenvalue weighted by molar-refractivity contribution is 6.42. The molecule has 0 saturated heterocycles. The van der Waals surface area contributed by atoms with Crippen molar-refractivity contribution in [2.45, 2.75) is 13.8 Å². The molecule has 0 heterocycles. The van der Waals surface area contributed by atoms with Gasteiger partial charge in [-0.1, -0.05) is 41.4 Å². The van der Waals surface area contributed by atoms with E-state index in [0.717, 1.165) is 11.1 Å². The molecule has 2 aromatic rings. The summed E-state index contributed by atoms with van der Waals surface area (Å²) >= 11 is 11.7. The number of nitrogens with one attached hydrogen (secondary N) is 2. The molecule has 0 radical (unpaired) electrons. The van der Waals surface area contributed by atoms with Crippen LogP contribution < -0.4 is 10.6 Å². The fourth-order valence-corrected chi connectivity index (χ4v) is 2.37. The van der Waals surface area contributed by atoms with Crippen molar-refractivity contribution in [3.05, 3.63) is 63.1 Å². The SMILES string of the molecule is Cc1cccc(C)c1C(=O)NC(=O)Nc1ccc(Cl)c(Cl)c1. The summed E-state index contributed by atoms with van der Waals surface area (Å²) in [5.74, 6) is -0.451. The summed E-state index contributed by atoms with van der Waals surface area (Å²) in [6.45, 7) is 3.64. The zero-order chi connectivity index (χ0) is 16.3. The summed E-state index contributed by atoms with van der Waals surface area (Å²) in [4.78, 5) is 24.1.